The van der Waals surface area contributed by atoms with Crippen molar-refractivity contribution in [2.75, 3.05) is 23.3 Å². The predicted molar refractivity (Wildman–Crippen MR) is 97.1 cm³/mol. The summed E-state index contributed by atoms with van der Waals surface area (Å²) in [4.78, 5) is 14.1. The van der Waals surface area contributed by atoms with Crippen LogP contribution in [-0.2, 0) is 4.79 Å². The van der Waals surface area contributed by atoms with E-state index in [1.807, 2.05) is 36.4 Å². The smallest absolute Gasteiger partial charge is 0.224 e. The van der Waals surface area contributed by atoms with Crippen LogP contribution in [0.2, 0.25) is 0 Å². The molecular weight excluding hydrogens is 300 g/mol. The monoisotopic (exact) mass is 324 g/mol. The highest BCUT2D eigenvalue weighted by Gasteiger charge is 2.14. The van der Waals surface area contributed by atoms with Gasteiger partial charge < -0.3 is 10.2 Å². The summed E-state index contributed by atoms with van der Waals surface area (Å²) in [6.45, 7) is 4.21. The first-order valence-corrected chi connectivity index (χ1v) is 8.75. The zero-order chi connectivity index (χ0) is 16.8. The summed E-state index contributed by atoms with van der Waals surface area (Å²) in [5, 5.41) is 11.7. The third-order valence-corrected chi connectivity index (χ3v) is 4.28. The predicted octanol–water partition coefficient (Wildman–Crippen LogP) is 3.87. The van der Waals surface area contributed by atoms with E-state index in [0.29, 0.717) is 6.42 Å². The number of rotatable bonds is 6. The zero-order valence-corrected chi connectivity index (χ0v) is 14.2. The van der Waals surface area contributed by atoms with Crippen molar-refractivity contribution in [1.29, 1.82) is 0 Å². The zero-order valence-electron chi connectivity index (χ0n) is 14.2. The fourth-order valence-electron chi connectivity index (χ4n) is 2.91. The SMILES string of the molecule is CCCCC(=O)Nc1cccc(-c2ccc(N3CCCC3)nn2)c1. The number of nitrogens with one attached hydrogen (secondary N) is 1. The van der Waals surface area contributed by atoms with Crippen molar-refractivity contribution in [2.24, 2.45) is 0 Å². The Bertz CT molecular complexity index is 678. The van der Waals surface area contributed by atoms with Crippen LogP contribution in [0.15, 0.2) is 36.4 Å². The van der Waals surface area contributed by atoms with Gasteiger partial charge in [-0.15, -0.1) is 10.2 Å². The number of carbonyl (C=O) groups excluding carboxylic acids is 1. The summed E-state index contributed by atoms with van der Waals surface area (Å²) >= 11 is 0. The number of hydrogen-bond acceptors (Lipinski definition) is 4. The van der Waals surface area contributed by atoms with Crippen LogP contribution >= 0.6 is 0 Å². The van der Waals surface area contributed by atoms with Gasteiger partial charge in [0.05, 0.1) is 5.69 Å². The van der Waals surface area contributed by atoms with Crippen LogP contribution < -0.4 is 10.2 Å². The van der Waals surface area contributed by atoms with E-state index in [2.05, 4.69) is 27.3 Å². The van der Waals surface area contributed by atoms with Gasteiger partial charge in [-0.1, -0.05) is 25.5 Å². The molecule has 1 aromatic carbocycles. The number of anilines is 2. The molecule has 24 heavy (non-hydrogen) atoms. The molecule has 1 fully saturated rings. The maximum Gasteiger partial charge on any atom is 0.224 e. The maximum absolute atomic E-state index is 11.9. The molecule has 1 saturated heterocycles. The number of benzene rings is 1. The highest BCUT2D eigenvalue weighted by molar-refractivity contribution is 5.91. The van der Waals surface area contributed by atoms with E-state index in [9.17, 15) is 4.79 Å². The third kappa shape index (κ3) is 4.10. The van der Waals surface area contributed by atoms with Gasteiger partial charge in [-0.2, -0.15) is 0 Å². The van der Waals surface area contributed by atoms with Crippen molar-refractivity contribution in [3.63, 3.8) is 0 Å². The molecule has 126 valence electrons. The summed E-state index contributed by atoms with van der Waals surface area (Å²) in [6, 6.07) is 11.8. The number of carbonyl (C=O) groups is 1. The average molecular weight is 324 g/mol. The minimum Gasteiger partial charge on any atom is -0.355 e. The molecule has 2 aromatic rings. The van der Waals surface area contributed by atoms with Crippen LogP contribution in [-0.4, -0.2) is 29.2 Å². The number of aromatic nitrogens is 2. The number of hydrogen-bond donors (Lipinski definition) is 1. The van der Waals surface area contributed by atoms with Crippen LogP contribution in [0.5, 0.6) is 0 Å². The molecule has 0 unspecified atom stereocenters. The lowest BCUT2D eigenvalue weighted by Crippen LogP contribution is -2.19. The largest absolute Gasteiger partial charge is 0.355 e. The Kier molecular flexibility index (Phi) is 5.41. The highest BCUT2D eigenvalue weighted by Crippen LogP contribution is 2.23. The number of amides is 1. The molecule has 5 heteroatoms. The first kappa shape index (κ1) is 16.4. The van der Waals surface area contributed by atoms with Crippen molar-refractivity contribution in [1.82, 2.24) is 10.2 Å². The van der Waals surface area contributed by atoms with Crippen molar-refractivity contribution < 1.29 is 4.79 Å². The van der Waals surface area contributed by atoms with Crippen LogP contribution in [0.1, 0.15) is 39.0 Å². The second-order valence-corrected chi connectivity index (χ2v) is 6.20. The Labute approximate surface area is 143 Å². The van der Waals surface area contributed by atoms with Gasteiger partial charge in [-0.05, 0) is 43.5 Å². The van der Waals surface area contributed by atoms with E-state index >= 15 is 0 Å². The fraction of sp³-hybridized carbons (Fsp3) is 0.421. The average Bonchev–Trinajstić information content (AvgIpc) is 3.15. The highest BCUT2D eigenvalue weighted by atomic mass is 16.1. The van der Waals surface area contributed by atoms with E-state index in [1.165, 1.54) is 12.8 Å². The van der Waals surface area contributed by atoms with E-state index in [4.69, 9.17) is 0 Å². The van der Waals surface area contributed by atoms with Gasteiger partial charge in [-0.3, -0.25) is 4.79 Å². The molecule has 1 aliphatic rings. The maximum atomic E-state index is 11.9. The number of nitrogens with zero attached hydrogens (tertiary/aromatic N) is 3. The van der Waals surface area contributed by atoms with Crippen LogP contribution in [0.4, 0.5) is 11.5 Å². The lowest BCUT2D eigenvalue weighted by molar-refractivity contribution is -0.116. The lowest BCUT2D eigenvalue weighted by Gasteiger charge is -2.15. The van der Waals surface area contributed by atoms with Gasteiger partial charge in [0.25, 0.3) is 0 Å². The van der Waals surface area contributed by atoms with Gasteiger partial charge in [0.15, 0.2) is 5.82 Å². The second-order valence-electron chi connectivity index (χ2n) is 6.20. The van der Waals surface area contributed by atoms with Crippen molar-refractivity contribution in [2.45, 2.75) is 39.0 Å². The molecule has 5 nitrogen and oxygen atoms in total. The molecule has 1 N–H and O–H groups in total. The summed E-state index contributed by atoms with van der Waals surface area (Å²) in [7, 11) is 0. The van der Waals surface area contributed by atoms with Crippen molar-refractivity contribution in [3.05, 3.63) is 36.4 Å². The molecule has 0 aliphatic carbocycles. The molecule has 0 atom stereocenters. The van der Waals surface area contributed by atoms with Gasteiger partial charge in [0.1, 0.15) is 0 Å². The van der Waals surface area contributed by atoms with E-state index in [-0.39, 0.29) is 5.91 Å². The minimum atomic E-state index is 0.0597. The summed E-state index contributed by atoms with van der Waals surface area (Å²) in [5.41, 5.74) is 2.59. The molecule has 1 aliphatic heterocycles. The van der Waals surface area contributed by atoms with E-state index in [1.54, 1.807) is 0 Å². The van der Waals surface area contributed by atoms with Gasteiger partial charge in [0.2, 0.25) is 5.91 Å². The van der Waals surface area contributed by atoms with Crippen LogP contribution in [0, 0.1) is 0 Å². The normalized spacial score (nSPS) is 14.0. The van der Waals surface area contributed by atoms with Crippen LogP contribution in [0.3, 0.4) is 0 Å². The molecule has 0 radical (unpaired) electrons. The second kappa shape index (κ2) is 7.90. The molecule has 1 aromatic heterocycles. The van der Waals surface area contributed by atoms with Crippen molar-refractivity contribution >= 4 is 17.4 Å². The summed E-state index contributed by atoms with van der Waals surface area (Å²) in [5.74, 6) is 1.00. The Balaban J connectivity index is 1.70. The first-order valence-electron chi connectivity index (χ1n) is 8.75. The summed E-state index contributed by atoms with van der Waals surface area (Å²) < 4.78 is 0. The molecule has 1 amide bonds. The summed E-state index contributed by atoms with van der Waals surface area (Å²) in [6.07, 6.45) is 4.94. The van der Waals surface area contributed by atoms with Crippen molar-refractivity contribution in [3.8, 4) is 11.3 Å². The minimum absolute atomic E-state index is 0.0597. The van der Waals surface area contributed by atoms with E-state index < -0.39 is 0 Å². The molecule has 0 spiro atoms. The van der Waals surface area contributed by atoms with Gasteiger partial charge >= 0.3 is 0 Å². The van der Waals surface area contributed by atoms with Gasteiger partial charge in [-0.25, -0.2) is 0 Å². The molecule has 2 heterocycles. The fourth-order valence-corrected chi connectivity index (χ4v) is 2.91. The van der Waals surface area contributed by atoms with Gasteiger partial charge in [0, 0.05) is 30.8 Å². The molecular formula is C19H24N4O. The first-order chi connectivity index (χ1) is 11.8. The standard InChI is InChI=1S/C19H24N4O/c1-2-3-9-19(24)20-16-8-6-7-15(14-16)17-10-11-18(22-21-17)23-12-4-5-13-23/h6-8,10-11,14H,2-5,9,12-13H2,1H3,(H,20,24). The molecule has 0 saturated carbocycles. The third-order valence-electron chi connectivity index (χ3n) is 4.28. The Hall–Kier alpha value is -2.43. The van der Waals surface area contributed by atoms with E-state index in [0.717, 1.165) is 48.7 Å². The molecule has 3 rings (SSSR count). The molecule has 0 bridgehead atoms. The quantitative estimate of drug-likeness (QED) is 0.876. The Morgan fingerprint density at radius 1 is 1.17 bits per heavy atom. The lowest BCUT2D eigenvalue weighted by atomic mass is 10.1. The Morgan fingerprint density at radius 2 is 2.00 bits per heavy atom. The number of unbranched alkanes of at least 4 members (excludes halogenated alkanes) is 1. The Morgan fingerprint density at radius 3 is 2.71 bits per heavy atom. The topological polar surface area (TPSA) is 58.1 Å². The van der Waals surface area contributed by atoms with Crippen LogP contribution in [0.25, 0.3) is 11.3 Å².